The summed E-state index contributed by atoms with van der Waals surface area (Å²) in [5.41, 5.74) is 6.53. The summed E-state index contributed by atoms with van der Waals surface area (Å²) in [6.07, 6.45) is 3.76. The first-order valence-corrected chi connectivity index (χ1v) is 7.47. The fourth-order valence-electron chi connectivity index (χ4n) is 2.77. The van der Waals surface area contributed by atoms with Crippen LogP contribution in [-0.4, -0.2) is 37.6 Å². The average Bonchev–Trinajstić information content (AvgIpc) is 2.53. The second-order valence-corrected chi connectivity index (χ2v) is 5.49. The van der Waals surface area contributed by atoms with E-state index in [1.807, 2.05) is 4.90 Å². The summed E-state index contributed by atoms with van der Waals surface area (Å²) in [6.45, 7) is 1.90. The van der Waals surface area contributed by atoms with E-state index in [1.54, 1.807) is 12.1 Å². The molecule has 116 valence electrons. The lowest BCUT2D eigenvalue weighted by Gasteiger charge is -2.30. The Morgan fingerprint density at radius 3 is 2.67 bits per heavy atom. The van der Waals surface area contributed by atoms with Crippen LogP contribution in [0.15, 0.2) is 18.2 Å². The van der Waals surface area contributed by atoms with Gasteiger partial charge in [0.15, 0.2) is 11.6 Å². The molecule has 1 fully saturated rings. The molecule has 0 saturated carbocycles. The van der Waals surface area contributed by atoms with Crippen LogP contribution in [0.3, 0.4) is 0 Å². The van der Waals surface area contributed by atoms with Crippen molar-refractivity contribution in [2.24, 2.45) is 11.7 Å². The maximum Gasteiger partial charge on any atom is 0.227 e. The molecule has 0 bridgehead atoms. The van der Waals surface area contributed by atoms with Gasteiger partial charge in [-0.25, -0.2) is 4.39 Å². The molecule has 1 atom stereocenters. The van der Waals surface area contributed by atoms with Crippen molar-refractivity contribution in [1.29, 1.82) is 0 Å². The summed E-state index contributed by atoms with van der Waals surface area (Å²) >= 11 is 0. The third-order valence-corrected chi connectivity index (χ3v) is 4.00. The number of amides is 1. The van der Waals surface area contributed by atoms with E-state index in [4.69, 9.17) is 10.5 Å². The molecule has 1 saturated heterocycles. The Hall–Kier alpha value is -1.62. The van der Waals surface area contributed by atoms with Gasteiger partial charge >= 0.3 is 0 Å². The van der Waals surface area contributed by atoms with E-state index < -0.39 is 5.82 Å². The SMILES string of the molecule is COc1ccc(CC(CN)C(=O)N2CCCCC2)cc1F. The highest BCUT2D eigenvalue weighted by Crippen LogP contribution is 2.21. The summed E-state index contributed by atoms with van der Waals surface area (Å²) in [5, 5.41) is 0. The summed E-state index contributed by atoms with van der Waals surface area (Å²) in [4.78, 5) is 14.4. The highest BCUT2D eigenvalue weighted by atomic mass is 19.1. The van der Waals surface area contributed by atoms with E-state index in [-0.39, 0.29) is 24.1 Å². The number of ether oxygens (including phenoxy) is 1. The molecule has 2 rings (SSSR count). The number of benzene rings is 1. The predicted molar refractivity (Wildman–Crippen MR) is 79.6 cm³/mol. The second kappa shape index (κ2) is 7.41. The number of halogens is 1. The van der Waals surface area contributed by atoms with Crippen LogP contribution in [0.25, 0.3) is 0 Å². The number of likely N-dealkylation sites (tertiary alicyclic amines) is 1. The highest BCUT2D eigenvalue weighted by molar-refractivity contribution is 5.79. The third kappa shape index (κ3) is 3.94. The number of methoxy groups -OCH3 is 1. The number of carbonyl (C=O) groups excluding carboxylic acids is 1. The topological polar surface area (TPSA) is 55.6 Å². The monoisotopic (exact) mass is 294 g/mol. The molecule has 5 heteroatoms. The average molecular weight is 294 g/mol. The molecular formula is C16H23FN2O2. The van der Waals surface area contributed by atoms with E-state index in [9.17, 15) is 9.18 Å². The van der Waals surface area contributed by atoms with Gasteiger partial charge in [-0.05, 0) is 43.4 Å². The smallest absolute Gasteiger partial charge is 0.227 e. The largest absolute Gasteiger partial charge is 0.494 e. The fraction of sp³-hybridized carbons (Fsp3) is 0.562. The van der Waals surface area contributed by atoms with Crippen LogP contribution in [0.5, 0.6) is 5.75 Å². The molecule has 1 aromatic carbocycles. The molecule has 0 spiro atoms. The zero-order valence-corrected chi connectivity index (χ0v) is 12.5. The van der Waals surface area contributed by atoms with Crippen molar-refractivity contribution in [2.45, 2.75) is 25.7 Å². The Labute approximate surface area is 125 Å². The van der Waals surface area contributed by atoms with Gasteiger partial charge < -0.3 is 15.4 Å². The van der Waals surface area contributed by atoms with Gasteiger partial charge in [-0.15, -0.1) is 0 Å². The molecule has 1 unspecified atom stereocenters. The van der Waals surface area contributed by atoms with E-state index in [0.29, 0.717) is 6.42 Å². The minimum atomic E-state index is -0.406. The number of nitrogens with two attached hydrogens (primary N) is 1. The van der Waals surface area contributed by atoms with Crippen molar-refractivity contribution in [3.8, 4) is 5.75 Å². The minimum absolute atomic E-state index is 0.0911. The van der Waals surface area contributed by atoms with Gasteiger partial charge in [-0.2, -0.15) is 0 Å². The molecule has 1 aromatic rings. The van der Waals surface area contributed by atoms with Gasteiger partial charge in [-0.1, -0.05) is 6.07 Å². The second-order valence-electron chi connectivity index (χ2n) is 5.49. The standard InChI is InChI=1S/C16H23FN2O2/c1-21-15-6-5-12(10-14(15)17)9-13(11-18)16(20)19-7-3-2-4-8-19/h5-6,10,13H,2-4,7-9,11,18H2,1H3. The molecule has 1 aliphatic heterocycles. The molecule has 1 aliphatic rings. The lowest BCUT2D eigenvalue weighted by atomic mass is 9.96. The van der Waals surface area contributed by atoms with Gasteiger partial charge in [0.25, 0.3) is 0 Å². The fourth-order valence-corrected chi connectivity index (χ4v) is 2.77. The van der Waals surface area contributed by atoms with Crippen LogP contribution in [0.1, 0.15) is 24.8 Å². The predicted octanol–water partition coefficient (Wildman–Crippen LogP) is 1.96. The minimum Gasteiger partial charge on any atom is -0.494 e. The molecule has 21 heavy (non-hydrogen) atoms. The number of hydrogen-bond acceptors (Lipinski definition) is 3. The van der Waals surface area contributed by atoms with Crippen LogP contribution < -0.4 is 10.5 Å². The van der Waals surface area contributed by atoms with E-state index in [0.717, 1.165) is 31.5 Å². The van der Waals surface area contributed by atoms with Crippen LogP contribution in [0.4, 0.5) is 4.39 Å². The van der Waals surface area contributed by atoms with Crippen molar-refractivity contribution < 1.29 is 13.9 Å². The van der Waals surface area contributed by atoms with Crippen LogP contribution in [-0.2, 0) is 11.2 Å². The van der Waals surface area contributed by atoms with Gasteiger partial charge in [0.1, 0.15) is 0 Å². The number of rotatable bonds is 5. The number of hydrogen-bond donors (Lipinski definition) is 1. The van der Waals surface area contributed by atoms with Crippen molar-refractivity contribution in [3.63, 3.8) is 0 Å². The first-order chi connectivity index (χ1) is 10.2. The summed E-state index contributed by atoms with van der Waals surface area (Å²) in [5.74, 6) is -0.383. The molecule has 0 aliphatic carbocycles. The molecule has 1 heterocycles. The van der Waals surface area contributed by atoms with Gasteiger partial charge in [-0.3, -0.25) is 4.79 Å². The first-order valence-electron chi connectivity index (χ1n) is 7.47. The Balaban J connectivity index is 2.04. The van der Waals surface area contributed by atoms with E-state index >= 15 is 0 Å². The number of nitrogens with zero attached hydrogens (tertiary/aromatic N) is 1. The lowest BCUT2D eigenvalue weighted by molar-refractivity contribution is -0.136. The van der Waals surface area contributed by atoms with Gasteiger partial charge in [0.2, 0.25) is 5.91 Å². The lowest BCUT2D eigenvalue weighted by Crippen LogP contribution is -2.42. The Kier molecular flexibility index (Phi) is 5.56. The van der Waals surface area contributed by atoms with Crippen molar-refractivity contribution in [2.75, 3.05) is 26.7 Å². The van der Waals surface area contributed by atoms with Crippen LogP contribution >= 0.6 is 0 Å². The van der Waals surface area contributed by atoms with Crippen molar-refractivity contribution in [3.05, 3.63) is 29.6 Å². The van der Waals surface area contributed by atoms with Crippen molar-refractivity contribution >= 4 is 5.91 Å². The molecule has 0 aromatic heterocycles. The Morgan fingerprint density at radius 2 is 2.10 bits per heavy atom. The number of piperidine rings is 1. The highest BCUT2D eigenvalue weighted by Gasteiger charge is 2.24. The van der Waals surface area contributed by atoms with E-state index in [2.05, 4.69) is 0 Å². The zero-order chi connectivity index (χ0) is 15.2. The molecule has 4 nitrogen and oxygen atoms in total. The maximum absolute atomic E-state index is 13.7. The molecule has 2 N–H and O–H groups in total. The Morgan fingerprint density at radius 1 is 1.38 bits per heavy atom. The van der Waals surface area contributed by atoms with Crippen molar-refractivity contribution in [1.82, 2.24) is 4.90 Å². The first kappa shape index (κ1) is 15.8. The number of carbonyl (C=O) groups is 1. The summed E-state index contributed by atoms with van der Waals surface area (Å²) in [7, 11) is 1.43. The molecule has 0 radical (unpaired) electrons. The third-order valence-electron chi connectivity index (χ3n) is 4.00. The normalized spacial score (nSPS) is 16.6. The van der Waals surface area contributed by atoms with Gasteiger partial charge in [0, 0.05) is 19.6 Å². The Bertz CT molecular complexity index is 487. The molecule has 1 amide bonds. The quantitative estimate of drug-likeness (QED) is 0.903. The maximum atomic E-state index is 13.7. The van der Waals surface area contributed by atoms with Crippen LogP contribution in [0.2, 0.25) is 0 Å². The molecular weight excluding hydrogens is 271 g/mol. The summed E-state index contributed by atoms with van der Waals surface area (Å²) in [6, 6.07) is 4.79. The van der Waals surface area contributed by atoms with E-state index in [1.165, 1.54) is 19.6 Å². The van der Waals surface area contributed by atoms with Gasteiger partial charge in [0.05, 0.1) is 13.0 Å². The summed E-state index contributed by atoms with van der Waals surface area (Å²) < 4.78 is 18.6. The zero-order valence-electron chi connectivity index (χ0n) is 12.5. The van der Waals surface area contributed by atoms with Crippen LogP contribution in [0, 0.1) is 11.7 Å².